The van der Waals surface area contributed by atoms with Crippen molar-refractivity contribution >= 4 is 29.9 Å². The third-order valence-electron chi connectivity index (χ3n) is 6.72. The van der Waals surface area contributed by atoms with Crippen LogP contribution in [0, 0.1) is 5.92 Å². The van der Waals surface area contributed by atoms with E-state index in [2.05, 4.69) is 59.2 Å². The number of guanidine groups is 1. The van der Waals surface area contributed by atoms with Crippen LogP contribution in [0.15, 0.2) is 27.8 Å². The number of likely N-dealkylation sites (tertiary alicyclic amines) is 1. The molecule has 0 amide bonds. The molecule has 0 aliphatic carbocycles. The molecule has 2 saturated heterocycles. The Morgan fingerprint density at radius 1 is 1.03 bits per heavy atom. The number of halogens is 1. The van der Waals surface area contributed by atoms with E-state index in [1.54, 1.807) is 6.26 Å². The highest BCUT2D eigenvalue weighted by molar-refractivity contribution is 14.0. The van der Waals surface area contributed by atoms with Crippen molar-refractivity contribution in [2.75, 3.05) is 66.0 Å². The topological polar surface area (TPSA) is 59.3 Å². The van der Waals surface area contributed by atoms with E-state index in [1.807, 2.05) is 6.07 Å². The quantitative estimate of drug-likeness (QED) is 0.275. The van der Waals surface area contributed by atoms with Crippen LogP contribution < -0.4 is 10.6 Å². The molecule has 7 nitrogen and oxygen atoms in total. The van der Waals surface area contributed by atoms with E-state index in [9.17, 15) is 0 Å². The maximum atomic E-state index is 5.81. The molecule has 0 radical (unpaired) electrons. The highest BCUT2D eigenvalue weighted by Gasteiger charge is 2.26. The fourth-order valence-corrected chi connectivity index (χ4v) is 4.74. The number of aliphatic imine (C=N–C) groups is 1. The molecule has 0 saturated carbocycles. The lowest BCUT2D eigenvalue weighted by Gasteiger charge is -2.39. The molecule has 0 spiro atoms. The van der Waals surface area contributed by atoms with E-state index in [1.165, 1.54) is 19.3 Å². The van der Waals surface area contributed by atoms with Crippen molar-refractivity contribution in [3.63, 3.8) is 0 Å². The number of piperidine rings is 1. The molecular weight excluding hydrogens is 515 g/mol. The van der Waals surface area contributed by atoms with Crippen LogP contribution in [-0.2, 0) is 0 Å². The summed E-state index contributed by atoms with van der Waals surface area (Å²) in [6.45, 7) is 16.1. The van der Waals surface area contributed by atoms with E-state index >= 15 is 0 Å². The zero-order valence-corrected chi connectivity index (χ0v) is 22.9. The van der Waals surface area contributed by atoms with Gasteiger partial charge >= 0.3 is 0 Å². The Bertz CT molecular complexity index is 639. The van der Waals surface area contributed by atoms with Crippen molar-refractivity contribution in [2.24, 2.45) is 10.9 Å². The average molecular weight is 561 g/mol. The monoisotopic (exact) mass is 560 g/mol. The number of piperazine rings is 1. The molecule has 1 aromatic rings. The summed E-state index contributed by atoms with van der Waals surface area (Å²) in [7, 11) is 2.21. The first-order valence-electron chi connectivity index (χ1n) is 12.3. The second-order valence-corrected chi connectivity index (χ2v) is 9.38. The molecule has 3 heterocycles. The molecule has 0 aromatic carbocycles. The zero-order valence-electron chi connectivity index (χ0n) is 20.6. The van der Waals surface area contributed by atoms with Gasteiger partial charge in [0.2, 0.25) is 0 Å². The van der Waals surface area contributed by atoms with E-state index in [4.69, 9.17) is 9.41 Å². The molecule has 2 atom stereocenters. The van der Waals surface area contributed by atoms with Crippen molar-refractivity contribution in [2.45, 2.75) is 52.1 Å². The minimum Gasteiger partial charge on any atom is -0.468 e. The summed E-state index contributed by atoms with van der Waals surface area (Å²) in [5, 5.41) is 7.07. The lowest BCUT2D eigenvalue weighted by atomic mass is 10.0. The predicted molar refractivity (Wildman–Crippen MR) is 144 cm³/mol. The van der Waals surface area contributed by atoms with Gasteiger partial charge in [-0.3, -0.25) is 14.8 Å². The third kappa shape index (κ3) is 8.18. The first-order chi connectivity index (χ1) is 15.1. The van der Waals surface area contributed by atoms with Gasteiger partial charge in [0.15, 0.2) is 5.96 Å². The maximum Gasteiger partial charge on any atom is 0.191 e. The van der Waals surface area contributed by atoms with Crippen molar-refractivity contribution in [1.29, 1.82) is 0 Å². The number of nitrogens with zero attached hydrogens (tertiary/aromatic N) is 4. The van der Waals surface area contributed by atoms with Gasteiger partial charge in [-0.15, -0.1) is 24.0 Å². The van der Waals surface area contributed by atoms with Crippen LogP contribution >= 0.6 is 24.0 Å². The van der Waals surface area contributed by atoms with Crippen LogP contribution in [0.1, 0.15) is 51.8 Å². The largest absolute Gasteiger partial charge is 0.468 e. The number of furan rings is 1. The predicted octanol–water partition coefficient (Wildman–Crippen LogP) is 3.25. The Morgan fingerprint density at radius 3 is 2.34 bits per heavy atom. The van der Waals surface area contributed by atoms with Crippen molar-refractivity contribution in [3.8, 4) is 0 Å². The van der Waals surface area contributed by atoms with Gasteiger partial charge in [0.05, 0.1) is 18.8 Å². The van der Waals surface area contributed by atoms with Crippen LogP contribution in [0.3, 0.4) is 0 Å². The van der Waals surface area contributed by atoms with E-state index < -0.39 is 0 Å². The minimum atomic E-state index is 0. The van der Waals surface area contributed by atoms with Gasteiger partial charge in [0.25, 0.3) is 0 Å². The van der Waals surface area contributed by atoms with Crippen LogP contribution in [0.25, 0.3) is 0 Å². The average Bonchev–Trinajstić information content (AvgIpc) is 3.30. The number of nitrogens with one attached hydrogen (secondary N) is 2. The molecule has 2 aliphatic rings. The lowest BCUT2D eigenvalue weighted by molar-refractivity contribution is 0.0925. The minimum absolute atomic E-state index is 0. The van der Waals surface area contributed by atoms with Crippen molar-refractivity contribution in [3.05, 3.63) is 24.2 Å². The molecule has 32 heavy (non-hydrogen) atoms. The zero-order chi connectivity index (χ0) is 22.1. The van der Waals surface area contributed by atoms with Crippen LogP contribution in [0.4, 0.5) is 0 Å². The Labute approximate surface area is 212 Å². The lowest BCUT2D eigenvalue weighted by Crippen LogP contribution is -2.52. The Balaban J connectivity index is 0.00000363. The third-order valence-corrected chi connectivity index (χ3v) is 6.72. The number of rotatable bonds is 9. The molecule has 2 unspecified atom stereocenters. The van der Waals surface area contributed by atoms with Crippen LogP contribution in [0.2, 0.25) is 0 Å². The summed E-state index contributed by atoms with van der Waals surface area (Å²) >= 11 is 0. The van der Waals surface area contributed by atoms with Gasteiger partial charge < -0.3 is 20.0 Å². The molecule has 0 bridgehead atoms. The summed E-state index contributed by atoms with van der Waals surface area (Å²) in [4.78, 5) is 12.6. The van der Waals surface area contributed by atoms with E-state index in [0.29, 0.717) is 12.0 Å². The van der Waals surface area contributed by atoms with Crippen molar-refractivity contribution in [1.82, 2.24) is 25.3 Å². The smallest absolute Gasteiger partial charge is 0.191 e. The fourth-order valence-electron chi connectivity index (χ4n) is 4.74. The van der Waals surface area contributed by atoms with Crippen LogP contribution in [0.5, 0.6) is 0 Å². The SMILES string of the molecule is CCNC(=NCC(C(C)C)N1CCN(C)CC1)NCC(c1ccco1)N1CCCCC1.I. The summed E-state index contributed by atoms with van der Waals surface area (Å²) in [6, 6.07) is 4.83. The first-order valence-corrected chi connectivity index (χ1v) is 12.3. The molecule has 1 aromatic heterocycles. The van der Waals surface area contributed by atoms with Crippen LogP contribution in [-0.4, -0.2) is 92.7 Å². The molecule has 184 valence electrons. The van der Waals surface area contributed by atoms with Gasteiger partial charge in [-0.2, -0.15) is 0 Å². The highest BCUT2D eigenvalue weighted by atomic mass is 127. The van der Waals surface area contributed by atoms with Crippen molar-refractivity contribution < 1.29 is 4.42 Å². The standard InChI is InChI=1S/C24H44N6O.HI/c1-5-25-24(26-18-21(20(2)3)30-15-13-28(4)14-16-30)27-19-22(23-10-9-17-31-23)29-11-7-6-8-12-29;/h9-10,17,20-22H,5-8,11-16,18-19H2,1-4H3,(H2,25,26,27);1H. The second kappa shape index (κ2) is 14.4. The first kappa shape index (κ1) is 27.4. The number of hydrogen-bond donors (Lipinski definition) is 2. The maximum absolute atomic E-state index is 5.81. The van der Waals surface area contributed by atoms with E-state index in [0.717, 1.165) is 70.6 Å². The highest BCUT2D eigenvalue weighted by Crippen LogP contribution is 2.24. The molecule has 3 rings (SSSR count). The second-order valence-electron chi connectivity index (χ2n) is 9.38. The van der Waals surface area contributed by atoms with Gasteiger partial charge in [0, 0.05) is 45.3 Å². The van der Waals surface area contributed by atoms with Gasteiger partial charge in [0.1, 0.15) is 5.76 Å². The summed E-state index contributed by atoms with van der Waals surface area (Å²) in [5.41, 5.74) is 0. The molecular formula is C24H45IN6O. The Kier molecular flexibility index (Phi) is 12.4. The van der Waals surface area contributed by atoms with Gasteiger partial charge in [-0.25, -0.2) is 0 Å². The van der Waals surface area contributed by atoms with Gasteiger partial charge in [-0.05, 0) is 58.0 Å². The summed E-state index contributed by atoms with van der Waals surface area (Å²) in [6.07, 6.45) is 5.66. The molecule has 2 fully saturated rings. The van der Waals surface area contributed by atoms with Gasteiger partial charge in [-0.1, -0.05) is 20.3 Å². The molecule has 2 N–H and O–H groups in total. The molecule has 8 heteroatoms. The Morgan fingerprint density at radius 2 is 1.75 bits per heavy atom. The number of hydrogen-bond acceptors (Lipinski definition) is 5. The fraction of sp³-hybridized carbons (Fsp3) is 0.792. The normalized spacial score (nSPS) is 21.2. The summed E-state index contributed by atoms with van der Waals surface area (Å²) < 4.78 is 5.81. The Hall–Kier alpha value is -0.840. The number of likely N-dealkylation sites (N-methyl/N-ethyl adjacent to an activating group) is 1. The molecule has 2 aliphatic heterocycles. The summed E-state index contributed by atoms with van der Waals surface area (Å²) in [5.74, 6) is 2.54. The van der Waals surface area contributed by atoms with E-state index in [-0.39, 0.29) is 30.0 Å².